The molecule has 0 aromatic carbocycles. The minimum atomic E-state index is 0.0192. The molecule has 0 aliphatic heterocycles. The smallest absolute Gasteiger partial charge is 0.133 e. The Bertz CT molecular complexity index is 322. The number of hydrogen-bond acceptors (Lipinski definition) is 4. The predicted molar refractivity (Wildman–Crippen MR) is 69.5 cm³/mol. The average molecular weight is 291 g/mol. The molecule has 5 heteroatoms. The van der Waals surface area contributed by atoms with Crippen LogP contribution in [0.25, 0.3) is 0 Å². The molecule has 15 heavy (non-hydrogen) atoms. The van der Waals surface area contributed by atoms with Gasteiger partial charge in [-0.05, 0) is 28.3 Å². The van der Waals surface area contributed by atoms with Crippen molar-refractivity contribution in [3.05, 3.63) is 22.3 Å². The minimum absolute atomic E-state index is 0.0192. The van der Waals surface area contributed by atoms with Crippen LogP contribution < -0.4 is 4.90 Å². The van der Waals surface area contributed by atoms with Crippen LogP contribution in [0, 0.1) is 0 Å². The highest BCUT2D eigenvalue weighted by Crippen LogP contribution is 2.20. The quantitative estimate of drug-likeness (QED) is 0.901. The van der Waals surface area contributed by atoms with Crippen molar-refractivity contribution >= 4 is 33.5 Å². The van der Waals surface area contributed by atoms with E-state index in [-0.39, 0.29) is 6.61 Å². The van der Waals surface area contributed by atoms with Gasteiger partial charge < -0.3 is 10.0 Å². The molecule has 0 aliphatic rings. The zero-order chi connectivity index (χ0) is 11.3. The zero-order valence-electron chi connectivity index (χ0n) is 8.90. The van der Waals surface area contributed by atoms with Crippen LogP contribution in [0.4, 0.5) is 5.82 Å². The number of nitrogens with zero attached hydrogens (tertiary/aromatic N) is 2. The first kappa shape index (κ1) is 12.8. The third kappa shape index (κ3) is 3.66. The van der Waals surface area contributed by atoms with Crippen LogP contribution in [0.2, 0.25) is 0 Å². The van der Waals surface area contributed by atoms with Gasteiger partial charge in [-0.2, -0.15) is 11.8 Å². The van der Waals surface area contributed by atoms with Gasteiger partial charge in [-0.3, -0.25) is 0 Å². The second kappa shape index (κ2) is 6.35. The molecule has 0 aliphatic carbocycles. The van der Waals surface area contributed by atoms with Gasteiger partial charge >= 0.3 is 0 Å². The van der Waals surface area contributed by atoms with E-state index >= 15 is 0 Å². The molecule has 0 radical (unpaired) electrons. The first-order valence-electron chi connectivity index (χ1n) is 4.64. The molecule has 84 valence electrons. The lowest BCUT2D eigenvalue weighted by molar-refractivity contribution is 0.281. The Morgan fingerprint density at radius 2 is 2.33 bits per heavy atom. The molecule has 0 bridgehead atoms. The molecule has 0 spiro atoms. The maximum absolute atomic E-state index is 9.22. The molecule has 1 rings (SSSR count). The predicted octanol–water partition coefficient (Wildman–Crippen LogP) is 2.14. The summed E-state index contributed by atoms with van der Waals surface area (Å²) in [5.41, 5.74) is 0.855. The molecule has 0 atom stereocenters. The fraction of sp³-hybridized carbons (Fsp3) is 0.500. The van der Waals surface area contributed by atoms with E-state index in [9.17, 15) is 5.11 Å². The van der Waals surface area contributed by atoms with E-state index in [2.05, 4.69) is 32.1 Å². The number of aliphatic hydroxyl groups is 1. The minimum Gasteiger partial charge on any atom is -0.392 e. The number of aliphatic hydroxyl groups excluding tert-OH is 1. The molecular weight excluding hydrogens is 276 g/mol. The number of thioether (sulfide) groups is 1. The van der Waals surface area contributed by atoms with Crippen LogP contribution in [0.5, 0.6) is 0 Å². The Balaban J connectivity index is 2.82. The standard InChI is InChI=1S/C10H15BrN2OS/c1-13(3-4-15-2)10-8(7-14)5-9(11)6-12-10/h5-6,14H,3-4,7H2,1-2H3. The van der Waals surface area contributed by atoms with Crippen LogP contribution >= 0.6 is 27.7 Å². The van der Waals surface area contributed by atoms with Gasteiger partial charge in [0.25, 0.3) is 0 Å². The van der Waals surface area contributed by atoms with E-state index in [1.54, 1.807) is 18.0 Å². The first-order valence-corrected chi connectivity index (χ1v) is 6.83. The van der Waals surface area contributed by atoms with Crippen molar-refractivity contribution in [1.82, 2.24) is 4.98 Å². The van der Waals surface area contributed by atoms with Crippen LogP contribution in [0.3, 0.4) is 0 Å². The molecule has 0 amide bonds. The molecule has 0 saturated carbocycles. The van der Waals surface area contributed by atoms with Crippen molar-refractivity contribution in [3.63, 3.8) is 0 Å². The molecule has 1 aromatic heterocycles. The summed E-state index contributed by atoms with van der Waals surface area (Å²) in [5.74, 6) is 1.91. The third-order valence-corrected chi connectivity index (χ3v) is 3.10. The van der Waals surface area contributed by atoms with Gasteiger partial charge in [0.15, 0.2) is 0 Å². The maximum Gasteiger partial charge on any atom is 0.133 e. The lowest BCUT2D eigenvalue weighted by Crippen LogP contribution is -2.22. The Morgan fingerprint density at radius 1 is 1.60 bits per heavy atom. The normalized spacial score (nSPS) is 10.4. The summed E-state index contributed by atoms with van der Waals surface area (Å²) in [6.07, 6.45) is 3.83. The van der Waals surface area contributed by atoms with Gasteiger partial charge in [-0.25, -0.2) is 4.98 Å². The van der Waals surface area contributed by atoms with E-state index in [0.717, 1.165) is 28.2 Å². The van der Waals surface area contributed by atoms with Crippen molar-refractivity contribution in [3.8, 4) is 0 Å². The van der Waals surface area contributed by atoms with E-state index in [4.69, 9.17) is 0 Å². The van der Waals surface area contributed by atoms with E-state index in [1.165, 1.54) is 0 Å². The molecule has 0 unspecified atom stereocenters. The van der Waals surface area contributed by atoms with E-state index in [1.807, 2.05) is 13.1 Å². The fourth-order valence-electron chi connectivity index (χ4n) is 1.27. The number of halogens is 1. The van der Waals surface area contributed by atoms with Crippen molar-refractivity contribution in [2.24, 2.45) is 0 Å². The highest BCUT2D eigenvalue weighted by molar-refractivity contribution is 9.10. The number of anilines is 1. The Hall–Kier alpha value is -0.260. The van der Waals surface area contributed by atoms with E-state index < -0.39 is 0 Å². The lowest BCUT2D eigenvalue weighted by Gasteiger charge is -2.20. The van der Waals surface area contributed by atoms with Crippen LogP contribution in [-0.2, 0) is 6.61 Å². The van der Waals surface area contributed by atoms with Crippen LogP contribution in [-0.4, -0.2) is 35.7 Å². The summed E-state index contributed by atoms with van der Waals surface area (Å²) in [5, 5.41) is 9.22. The van der Waals surface area contributed by atoms with Gasteiger partial charge in [0, 0.05) is 35.6 Å². The summed E-state index contributed by atoms with van der Waals surface area (Å²) < 4.78 is 0.897. The fourth-order valence-corrected chi connectivity index (χ4v) is 2.10. The maximum atomic E-state index is 9.22. The second-order valence-electron chi connectivity index (χ2n) is 3.21. The molecule has 0 saturated heterocycles. The van der Waals surface area contributed by atoms with Crippen molar-refractivity contribution < 1.29 is 5.11 Å². The van der Waals surface area contributed by atoms with Gasteiger partial charge in [0.2, 0.25) is 0 Å². The number of rotatable bonds is 5. The van der Waals surface area contributed by atoms with Gasteiger partial charge in [0.1, 0.15) is 5.82 Å². The largest absolute Gasteiger partial charge is 0.392 e. The third-order valence-electron chi connectivity index (χ3n) is 2.07. The second-order valence-corrected chi connectivity index (χ2v) is 5.11. The number of pyridine rings is 1. The number of aromatic nitrogens is 1. The summed E-state index contributed by atoms with van der Waals surface area (Å²) in [6.45, 7) is 0.953. The summed E-state index contributed by atoms with van der Waals surface area (Å²) in [7, 11) is 1.99. The Morgan fingerprint density at radius 3 is 2.93 bits per heavy atom. The topological polar surface area (TPSA) is 36.4 Å². The molecule has 0 fully saturated rings. The average Bonchev–Trinajstić information content (AvgIpc) is 2.25. The number of hydrogen-bond donors (Lipinski definition) is 1. The zero-order valence-corrected chi connectivity index (χ0v) is 11.3. The van der Waals surface area contributed by atoms with Crippen molar-refractivity contribution in [2.75, 3.05) is 30.5 Å². The van der Waals surface area contributed by atoms with Crippen molar-refractivity contribution in [1.29, 1.82) is 0 Å². The molecule has 1 aromatic rings. The van der Waals surface area contributed by atoms with Gasteiger partial charge in [-0.1, -0.05) is 0 Å². The van der Waals surface area contributed by atoms with Crippen LogP contribution in [0.1, 0.15) is 5.56 Å². The van der Waals surface area contributed by atoms with Crippen LogP contribution in [0.15, 0.2) is 16.7 Å². The molecular formula is C10H15BrN2OS. The molecule has 1 heterocycles. The Labute approximate surface area is 103 Å². The highest BCUT2D eigenvalue weighted by Gasteiger charge is 2.08. The first-order chi connectivity index (χ1) is 7.19. The molecule has 3 nitrogen and oxygen atoms in total. The summed E-state index contributed by atoms with van der Waals surface area (Å²) in [6, 6.07) is 1.90. The summed E-state index contributed by atoms with van der Waals surface area (Å²) in [4.78, 5) is 6.38. The van der Waals surface area contributed by atoms with Gasteiger partial charge in [-0.15, -0.1) is 0 Å². The summed E-state index contributed by atoms with van der Waals surface area (Å²) >= 11 is 5.14. The lowest BCUT2D eigenvalue weighted by atomic mass is 10.2. The highest BCUT2D eigenvalue weighted by atomic mass is 79.9. The van der Waals surface area contributed by atoms with Gasteiger partial charge in [0.05, 0.1) is 6.61 Å². The van der Waals surface area contributed by atoms with E-state index in [0.29, 0.717) is 0 Å². The monoisotopic (exact) mass is 290 g/mol. The van der Waals surface area contributed by atoms with Crippen molar-refractivity contribution in [2.45, 2.75) is 6.61 Å². The SMILES string of the molecule is CSCCN(C)c1ncc(Br)cc1CO. The Kier molecular flexibility index (Phi) is 5.42. The molecule has 1 N–H and O–H groups in total.